The number of rotatable bonds is 8. The van der Waals surface area contributed by atoms with Crippen molar-refractivity contribution < 1.29 is 19.1 Å². The number of aryl methyl sites for hydroxylation is 1. The summed E-state index contributed by atoms with van der Waals surface area (Å²) in [5.41, 5.74) is 3.81. The molecule has 0 unspecified atom stereocenters. The van der Waals surface area contributed by atoms with Gasteiger partial charge in [-0.25, -0.2) is 0 Å². The zero-order valence-corrected chi connectivity index (χ0v) is 25.5. The minimum absolute atomic E-state index is 0.0147. The largest absolute Gasteiger partial charge is 0.491 e. The minimum atomic E-state index is -0.812. The molecule has 0 spiro atoms. The normalized spacial score (nSPS) is 20.0. The van der Waals surface area contributed by atoms with Gasteiger partial charge < -0.3 is 25.6 Å². The van der Waals surface area contributed by atoms with Crippen molar-refractivity contribution in [2.75, 3.05) is 7.05 Å². The Morgan fingerprint density at radius 2 is 1.73 bits per heavy atom. The van der Waals surface area contributed by atoms with Gasteiger partial charge in [0, 0.05) is 13.0 Å². The molecule has 4 rings (SSSR count). The van der Waals surface area contributed by atoms with Crippen molar-refractivity contribution in [3.05, 3.63) is 64.7 Å². The van der Waals surface area contributed by atoms with Crippen molar-refractivity contribution in [2.45, 2.75) is 104 Å². The number of benzene rings is 2. The maximum Gasteiger partial charge on any atom is 0.246 e. The number of fused-ring (bicyclic) bond motifs is 2. The second-order valence-corrected chi connectivity index (χ2v) is 12.8. The Balaban J connectivity index is 1.67. The Morgan fingerprint density at radius 1 is 1.00 bits per heavy atom. The zero-order valence-electron chi connectivity index (χ0n) is 25.5. The van der Waals surface area contributed by atoms with Crippen molar-refractivity contribution in [1.29, 1.82) is 0 Å². The van der Waals surface area contributed by atoms with E-state index in [1.165, 1.54) is 5.56 Å². The smallest absolute Gasteiger partial charge is 0.246 e. The molecule has 2 aromatic carbocycles. The first kappa shape index (κ1) is 30.6. The number of nitrogens with one attached hydrogen (secondary N) is 3. The Hall–Kier alpha value is -3.39. The van der Waals surface area contributed by atoms with E-state index in [1.54, 1.807) is 18.9 Å². The lowest BCUT2D eigenvalue weighted by Gasteiger charge is -2.42. The van der Waals surface area contributed by atoms with Crippen molar-refractivity contribution in [1.82, 2.24) is 20.9 Å². The molecule has 1 aliphatic heterocycles. The van der Waals surface area contributed by atoms with E-state index >= 15 is 0 Å². The van der Waals surface area contributed by atoms with Crippen LogP contribution in [0.1, 0.15) is 82.7 Å². The van der Waals surface area contributed by atoms with E-state index in [4.69, 9.17) is 4.74 Å². The molecule has 3 amide bonds. The Kier molecular flexibility index (Phi) is 9.42. The molecule has 2 aromatic rings. The number of carbonyl (C=O) groups excluding carboxylic acids is 3. The first-order valence-electron chi connectivity index (χ1n) is 14.8. The van der Waals surface area contributed by atoms with E-state index in [0.29, 0.717) is 6.42 Å². The highest BCUT2D eigenvalue weighted by Gasteiger charge is 2.43. The van der Waals surface area contributed by atoms with Crippen LogP contribution in [0.15, 0.2) is 42.5 Å². The maximum atomic E-state index is 14.3. The van der Waals surface area contributed by atoms with Gasteiger partial charge in [0.2, 0.25) is 17.7 Å². The van der Waals surface area contributed by atoms with Crippen LogP contribution in [0.5, 0.6) is 5.75 Å². The number of likely N-dealkylation sites (N-methyl/N-ethyl adjacent to an activating group) is 1. The fourth-order valence-corrected chi connectivity index (χ4v) is 5.76. The monoisotopic (exact) mass is 562 g/mol. The highest BCUT2D eigenvalue weighted by molar-refractivity contribution is 5.94. The van der Waals surface area contributed by atoms with Crippen molar-refractivity contribution >= 4 is 17.7 Å². The van der Waals surface area contributed by atoms with Gasteiger partial charge in [0.1, 0.15) is 17.8 Å². The van der Waals surface area contributed by atoms with Gasteiger partial charge >= 0.3 is 0 Å². The molecule has 0 fully saturated rings. The highest BCUT2D eigenvalue weighted by Crippen LogP contribution is 2.33. The van der Waals surface area contributed by atoms with Crippen LogP contribution < -0.4 is 20.7 Å². The predicted molar refractivity (Wildman–Crippen MR) is 160 cm³/mol. The molecule has 4 atom stereocenters. The third-order valence-electron chi connectivity index (χ3n) is 8.18. The number of ether oxygens (including phenoxy) is 1. The number of amides is 3. The highest BCUT2D eigenvalue weighted by atomic mass is 16.5. The molecule has 1 heterocycles. The van der Waals surface area contributed by atoms with Crippen LogP contribution >= 0.6 is 0 Å². The summed E-state index contributed by atoms with van der Waals surface area (Å²) in [7, 11) is 1.71. The zero-order chi connectivity index (χ0) is 29.9. The van der Waals surface area contributed by atoms with E-state index in [1.807, 2.05) is 65.0 Å². The average molecular weight is 563 g/mol. The molecule has 0 bridgehead atoms. The van der Waals surface area contributed by atoms with Gasteiger partial charge in [-0.15, -0.1) is 0 Å². The molecule has 3 N–H and O–H groups in total. The van der Waals surface area contributed by atoms with Gasteiger partial charge in [-0.2, -0.15) is 0 Å². The van der Waals surface area contributed by atoms with Gasteiger partial charge in [-0.1, -0.05) is 51.1 Å². The Labute approximate surface area is 244 Å². The second kappa shape index (κ2) is 12.6. The molecular weight excluding hydrogens is 516 g/mol. The lowest BCUT2D eigenvalue weighted by Crippen LogP contribution is -2.62. The van der Waals surface area contributed by atoms with E-state index in [2.05, 4.69) is 28.1 Å². The fourth-order valence-electron chi connectivity index (χ4n) is 5.76. The second-order valence-electron chi connectivity index (χ2n) is 12.8. The molecule has 0 saturated carbocycles. The molecule has 1 aliphatic carbocycles. The lowest BCUT2D eigenvalue weighted by atomic mass is 9.83. The van der Waals surface area contributed by atoms with Crippen LogP contribution in [0.2, 0.25) is 0 Å². The first-order valence-corrected chi connectivity index (χ1v) is 14.8. The van der Waals surface area contributed by atoms with Gasteiger partial charge in [-0.3, -0.25) is 14.4 Å². The van der Waals surface area contributed by atoms with Crippen LogP contribution in [0.4, 0.5) is 0 Å². The third kappa shape index (κ3) is 7.10. The van der Waals surface area contributed by atoms with E-state index in [0.717, 1.165) is 41.7 Å². The summed E-state index contributed by atoms with van der Waals surface area (Å²) < 4.78 is 5.93. The number of hydrogen-bond acceptors (Lipinski definition) is 5. The summed E-state index contributed by atoms with van der Waals surface area (Å²) >= 11 is 0. The van der Waals surface area contributed by atoms with E-state index in [-0.39, 0.29) is 36.4 Å². The summed E-state index contributed by atoms with van der Waals surface area (Å²) in [4.78, 5) is 43.0. The minimum Gasteiger partial charge on any atom is -0.491 e. The molecular formula is C33H46N4O4. The average Bonchev–Trinajstić information content (AvgIpc) is 2.93. The fraction of sp³-hybridized carbons (Fsp3) is 0.545. The summed E-state index contributed by atoms with van der Waals surface area (Å²) in [5, 5.41) is 9.20. The summed E-state index contributed by atoms with van der Waals surface area (Å²) in [6.07, 6.45) is 3.27. The quantitative estimate of drug-likeness (QED) is 0.451. The standard InChI is InChI=1S/C33H46N4O4/c1-20(2)41-25-16-15-23-18-28(31(39)35-27-14-10-12-22-11-8-9-13-26(22)27)37(19-24(23)17-25)32(40)29(33(4,5)6)36-30(38)21(3)34-7/h8-9,11,13,15-17,20-21,27-29,34H,10,12,14,18-19H2,1-7H3,(H,35,39)(H,36,38)/t21-,27+,28-,29+/m0/s1. The maximum absolute atomic E-state index is 14.3. The van der Waals surface area contributed by atoms with E-state index in [9.17, 15) is 14.4 Å². The summed E-state index contributed by atoms with van der Waals surface area (Å²) in [5.74, 6) is 0.0389. The van der Waals surface area contributed by atoms with Gasteiger partial charge in [-0.05, 0) is 86.9 Å². The van der Waals surface area contributed by atoms with Crippen LogP contribution in [-0.2, 0) is 33.8 Å². The predicted octanol–water partition coefficient (Wildman–Crippen LogP) is 4.06. The number of carbonyl (C=O) groups is 3. The van der Waals surface area contributed by atoms with Crippen LogP contribution in [-0.4, -0.2) is 53.9 Å². The Morgan fingerprint density at radius 3 is 2.41 bits per heavy atom. The Bertz CT molecular complexity index is 1270. The van der Waals surface area contributed by atoms with Crippen LogP contribution in [0.25, 0.3) is 0 Å². The number of hydrogen-bond donors (Lipinski definition) is 3. The third-order valence-corrected chi connectivity index (χ3v) is 8.18. The molecule has 8 heteroatoms. The van der Waals surface area contributed by atoms with Crippen molar-refractivity contribution in [3.63, 3.8) is 0 Å². The van der Waals surface area contributed by atoms with Gasteiger partial charge in [0.25, 0.3) is 0 Å². The summed E-state index contributed by atoms with van der Waals surface area (Å²) in [6, 6.07) is 12.1. The summed E-state index contributed by atoms with van der Waals surface area (Å²) in [6.45, 7) is 11.8. The molecule has 222 valence electrons. The molecule has 41 heavy (non-hydrogen) atoms. The van der Waals surface area contributed by atoms with Crippen LogP contribution in [0, 0.1) is 5.41 Å². The van der Waals surface area contributed by atoms with Gasteiger partial charge in [0.15, 0.2) is 0 Å². The first-order chi connectivity index (χ1) is 19.4. The number of nitrogens with zero attached hydrogens (tertiary/aromatic N) is 1. The van der Waals surface area contributed by atoms with Gasteiger partial charge in [0.05, 0.1) is 18.2 Å². The SMILES string of the molecule is CN[C@@H](C)C(=O)N[C@H](C(=O)N1Cc2cc(OC(C)C)ccc2C[C@H]1C(=O)N[C@@H]1CCCc2ccccc21)C(C)(C)C. The molecule has 0 aromatic heterocycles. The molecule has 2 aliphatic rings. The topological polar surface area (TPSA) is 99.8 Å². The molecule has 0 radical (unpaired) electrons. The van der Waals surface area contributed by atoms with Crippen molar-refractivity contribution in [2.24, 2.45) is 5.41 Å². The van der Waals surface area contributed by atoms with E-state index < -0.39 is 23.5 Å². The lowest BCUT2D eigenvalue weighted by molar-refractivity contribution is -0.147. The van der Waals surface area contributed by atoms with Crippen molar-refractivity contribution in [3.8, 4) is 5.75 Å². The molecule has 0 saturated heterocycles. The molecule has 8 nitrogen and oxygen atoms in total. The van der Waals surface area contributed by atoms with Crippen LogP contribution in [0.3, 0.4) is 0 Å².